The van der Waals surface area contributed by atoms with Crippen molar-refractivity contribution in [2.24, 2.45) is 0 Å². The number of hydrogen-bond acceptors (Lipinski definition) is 4. The molecule has 0 bridgehead atoms. The van der Waals surface area contributed by atoms with Gasteiger partial charge in [0.1, 0.15) is 5.82 Å². The molecule has 6 nitrogen and oxygen atoms in total. The van der Waals surface area contributed by atoms with Crippen LogP contribution in [0.2, 0.25) is 0 Å². The Labute approximate surface area is 149 Å². The van der Waals surface area contributed by atoms with Crippen LogP contribution in [0.5, 0.6) is 0 Å². The van der Waals surface area contributed by atoms with Crippen molar-refractivity contribution in [2.75, 3.05) is 0 Å². The molecule has 0 aliphatic heterocycles. The van der Waals surface area contributed by atoms with Crippen molar-refractivity contribution >= 4 is 39.6 Å². The summed E-state index contributed by atoms with van der Waals surface area (Å²) in [6.07, 6.45) is 0. The second-order valence-electron chi connectivity index (χ2n) is 5.72. The van der Waals surface area contributed by atoms with E-state index in [-0.39, 0.29) is 5.75 Å². The van der Waals surface area contributed by atoms with Gasteiger partial charge >= 0.3 is 6.55 Å². The zero-order valence-electron chi connectivity index (χ0n) is 13.3. The van der Waals surface area contributed by atoms with Gasteiger partial charge in [-0.2, -0.15) is 8.78 Å². The number of fused-ring (bicyclic) bond motifs is 4. The minimum absolute atomic E-state index is 0.269. The third kappa shape index (κ3) is 2.27. The van der Waals surface area contributed by atoms with E-state index in [0.29, 0.717) is 27.8 Å². The number of alkyl halides is 2. The van der Waals surface area contributed by atoms with Gasteiger partial charge in [-0.1, -0.05) is 36.0 Å². The number of aromatic amines is 1. The molecule has 9 heteroatoms. The molecule has 26 heavy (non-hydrogen) atoms. The maximum Gasteiger partial charge on any atom is 0.320 e. The largest absolute Gasteiger partial charge is 0.320 e. The molecule has 0 radical (unpaired) electrons. The number of hydrogen-bond donors (Lipinski definition) is 1. The van der Waals surface area contributed by atoms with Gasteiger partial charge in [0, 0.05) is 0 Å². The number of benzene rings is 2. The van der Waals surface area contributed by atoms with E-state index in [0.717, 1.165) is 15.6 Å². The molecule has 3 heterocycles. The fourth-order valence-electron chi connectivity index (χ4n) is 3.08. The molecule has 0 saturated carbocycles. The smallest absolute Gasteiger partial charge is 0.269 e. The highest BCUT2D eigenvalue weighted by atomic mass is 32.2. The molecule has 5 rings (SSSR count). The van der Waals surface area contributed by atoms with E-state index in [1.165, 1.54) is 11.8 Å². The topological polar surface area (TPSA) is 63.8 Å². The first kappa shape index (κ1) is 15.3. The van der Waals surface area contributed by atoms with E-state index in [1.807, 2.05) is 28.7 Å². The maximum atomic E-state index is 13.5. The van der Waals surface area contributed by atoms with Crippen LogP contribution in [0.4, 0.5) is 8.78 Å². The average Bonchev–Trinajstić information content (AvgIpc) is 3.31. The number of aromatic nitrogens is 6. The highest BCUT2D eigenvalue weighted by molar-refractivity contribution is 7.98. The third-order valence-electron chi connectivity index (χ3n) is 4.20. The van der Waals surface area contributed by atoms with E-state index in [9.17, 15) is 8.78 Å². The summed E-state index contributed by atoms with van der Waals surface area (Å²) in [5.41, 5.74) is 2.76. The molecule has 1 N–H and O–H groups in total. The second kappa shape index (κ2) is 5.80. The first-order valence-corrected chi connectivity index (χ1v) is 8.89. The van der Waals surface area contributed by atoms with Crippen LogP contribution in [0, 0.1) is 0 Å². The number of rotatable bonds is 4. The van der Waals surface area contributed by atoms with Crippen LogP contribution in [0.15, 0.2) is 53.7 Å². The molecule has 0 fully saturated rings. The molecule has 0 aliphatic carbocycles. The lowest BCUT2D eigenvalue weighted by atomic mass is 10.3. The van der Waals surface area contributed by atoms with Crippen molar-refractivity contribution in [2.45, 2.75) is 17.5 Å². The zero-order chi connectivity index (χ0) is 17.7. The Kier molecular flexibility index (Phi) is 3.42. The summed E-state index contributed by atoms with van der Waals surface area (Å²) in [5, 5.41) is 7.80. The Morgan fingerprint density at radius 1 is 0.962 bits per heavy atom. The minimum Gasteiger partial charge on any atom is -0.269 e. The summed E-state index contributed by atoms with van der Waals surface area (Å²) in [6.45, 7) is -2.65. The summed E-state index contributed by atoms with van der Waals surface area (Å²) in [7, 11) is 0. The number of halogens is 2. The summed E-state index contributed by atoms with van der Waals surface area (Å²) in [4.78, 5) is 8.82. The molecule has 0 atom stereocenters. The Morgan fingerprint density at radius 2 is 1.65 bits per heavy atom. The van der Waals surface area contributed by atoms with Gasteiger partial charge in [0.15, 0.2) is 5.16 Å². The van der Waals surface area contributed by atoms with Crippen molar-refractivity contribution in [1.82, 2.24) is 29.1 Å². The number of nitrogens with one attached hydrogen (secondary N) is 1. The molecule has 0 spiro atoms. The molecule has 130 valence electrons. The Hall–Kier alpha value is -2.94. The Morgan fingerprint density at radius 3 is 2.42 bits per heavy atom. The van der Waals surface area contributed by atoms with Crippen LogP contribution in [-0.2, 0) is 5.75 Å². The summed E-state index contributed by atoms with van der Waals surface area (Å²) >= 11 is 1.34. The number of nitrogens with zero attached hydrogens (tertiary/aromatic N) is 5. The highest BCUT2D eigenvalue weighted by Crippen LogP contribution is 2.29. The van der Waals surface area contributed by atoms with Crippen LogP contribution in [0.1, 0.15) is 12.4 Å². The quantitative estimate of drug-likeness (QED) is 0.481. The van der Waals surface area contributed by atoms with Crippen LogP contribution >= 0.6 is 11.8 Å². The monoisotopic (exact) mass is 370 g/mol. The van der Waals surface area contributed by atoms with E-state index in [4.69, 9.17) is 0 Å². The fraction of sp³-hybridized carbons (Fsp3) is 0.118. The molecule has 0 aliphatic rings. The predicted molar refractivity (Wildman–Crippen MR) is 95.4 cm³/mol. The first-order chi connectivity index (χ1) is 12.7. The number of thioether (sulfide) groups is 1. The van der Waals surface area contributed by atoms with Crippen LogP contribution < -0.4 is 0 Å². The first-order valence-electron chi connectivity index (χ1n) is 7.91. The van der Waals surface area contributed by atoms with Crippen molar-refractivity contribution in [3.63, 3.8) is 0 Å². The molecule has 0 saturated heterocycles. The molecule has 2 aromatic carbocycles. The van der Waals surface area contributed by atoms with Gasteiger partial charge < -0.3 is 0 Å². The van der Waals surface area contributed by atoms with Gasteiger partial charge in [0.2, 0.25) is 5.78 Å². The average molecular weight is 370 g/mol. The number of imidazole rings is 2. The van der Waals surface area contributed by atoms with Gasteiger partial charge in [-0.15, -0.1) is 5.10 Å². The second-order valence-corrected chi connectivity index (χ2v) is 6.66. The molecular weight excluding hydrogens is 358 g/mol. The van der Waals surface area contributed by atoms with Gasteiger partial charge in [-0.3, -0.25) is 8.97 Å². The van der Waals surface area contributed by atoms with Gasteiger partial charge in [0.25, 0.3) is 0 Å². The van der Waals surface area contributed by atoms with Crippen molar-refractivity contribution in [3.05, 3.63) is 54.4 Å². The maximum absolute atomic E-state index is 13.5. The summed E-state index contributed by atoms with van der Waals surface area (Å²) < 4.78 is 29.9. The fourth-order valence-corrected chi connectivity index (χ4v) is 3.97. The van der Waals surface area contributed by atoms with Crippen molar-refractivity contribution in [3.8, 4) is 0 Å². The van der Waals surface area contributed by atoms with E-state index in [1.54, 1.807) is 24.3 Å². The minimum atomic E-state index is -2.65. The lowest BCUT2D eigenvalue weighted by molar-refractivity contribution is 0.0722. The Balaban J connectivity index is 1.55. The van der Waals surface area contributed by atoms with Crippen molar-refractivity contribution in [1.29, 1.82) is 0 Å². The van der Waals surface area contributed by atoms with E-state index < -0.39 is 6.55 Å². The molecule has 0 unspecified atom stereocenters. The lowest BCUT2D eigenvalue weighted by Crippen LogP contribution is -2.03. The van der Waals surface area contributed by atoms with Crippen molar-refractivity contribution < 1.29 is 8.78 Å². The van der Waals surface area contributed by atoms with Gasteiger partial charge in [-0.05, 0) is 24.3 Å². The summed E-state index contributed by atoms with van der Waals surface area (Å²) in [5.74, 6) is 1.20. The molecule has 3 aromatic heterocycles. The zero-order valence-corrected chi connectivity index (χ0v) is 14.1. The third-order valence-corrected chi connectivity index (χ3v) is 5.13. The Bertz CT molecular complexity index is 1240. The van der Waals surface area contributed by atoms with Crippen LogP contribution in [0.25, 0.3) is 27.8 Å². The van der Waals surface area contributed by atoms with Crippen LogP contribution in [0.3, 0.4) is 0 Å². The standard InChI is InChI=1S/C17H12F2N6S/c18-15(19)24-12-7-3-1-5-10(12)20-14(24)9-26-17-23-22-16-21-11-6-2-4-8-13(11)25(16)17/h1-8,15H,9H2,(H,21,22). The highest BCUT2D eigenvalue weighted by Gasteiger charge is 2.19. The lowest BCUT2D eigenvalue weighted by Gasteiger charge is -2.06. The van der Waals surface area contributed by atoms with Gasteiger partial charge in [-0.25, -0.2) is 15.1 Å². The molecular formula is C17H12F2N6S. The number of H-pyrrole nitrogens is 1. The van der Waals surface area contributed by atoms with Gasteiger partial charge in [0.05, 0.1) is 27.8 Å². The SMILES string of the molecule is FC(F)n1c(CSc2n[nH]c3nc4ccccc4n23)nc2ccccc21. The predicted octanol–water partition coefficient (Wildman–Crippen LogP) is 4.25. The van der Waals surface area contributed by atoms with E-state index >= 15 is 0 Å². The molecule has 0 amide bonds. The molecule has 5 aromatic rings. The number of para-hydroxylation sites is 4. The normalized spacial score (nSPS) is 12.1. The van der Waals surface area contributed by atoms with Crippen LogP contribution in [-0.4, -0.2) is 29.1 Å². The van der Waals surface area contributed by atoms with E-state index in [2.05, 4.69) is 20.2 Å². The summed E-state index contributed by atoms with van der Waals surface area (Å²) in [6, 6.07) is 14.6.